The Kier molecular flexibility index (Phi) is 6.38. The normalized spacial score (nSPS) is 20.2. The SMILES string of the molecule is CC(C)(C(=O)OCC1CC=CCC1)[N+](C)(C)C.[Cl-]. The summed E-state index contributed by atoms with van der Waals surface area (Å²) in [6.07, 6.45) is 7.68. The van der Waals surface area contributed by atoms with Crippen molar-refractivity contribution in [2.75, 3.05) is 27.7 Å². The van der Waals surface area contributed by atoms with E-state index in [0.717, 1.165) is 19.3 Å². The van der Waals surface area contributed by atoms with E-state index in [0.29, 0.717) is 17.0 Å². The van der Waals surface area contributed by atoms with Crippen molar-refractivity contribution in [2.24, 2.45) is 5.92 Å². The molecule has 0 heterocycles. The smallest absolute Gasteiger partial charge is 0.367 e. The van der Waals surface area contributed by atoms with E-state index in [-0.39, 0.29) is 18.4 Å². The molecule has 0 N–H and O–H groups in total. The molecule has 0 spiro atoms. The molecular weight excluding hydrogens is 250 g/mol. The van der Waals surface area contributed by atoms with Crippen molar-refractivity contribution in [1.82, 2.24) is 0 Å². The van der Waals surface area contributed by atoms with Gasteiger partial charge >= 0.3 is 5.97 Å². The maximum Gasteiger partial charge on any atom is 0.367 e. The van der Waals surface area contributed by atoms with Crippen LogP contribution < -0.4 is 12.4 Å². The zero-order valence-electron chi connectivity index (χ0n) is 12.2. The Hall–Kier alpha value is -0.540. The molecule has 106 valence electrons. The predicted octanol–water partition coefficient (Wildman–Crippen LogP) is -0.625. The first-order valence-corrected chi connectivity index (χ1v) is 6.39. The van der Waals surface area contributed by atoms with Gasteiger partial charge in [0.1, 0.15) is 0 Å². The number of esters is 1. The van der Waals surface area contributed by atoms with E-state index in [1.54, 1.807) is 0 Å². The Labute approximate surface area is 117 Å². The van der Waals surface area contributed by atoms with Gasteiger partial charge in [-0.2, -0.15) is 0 Å². The van der Waals surface area contributed by atoms with Gasteiger partial charge in [-0.25, -0.2) is 4.79 Å². The molecule has 0 radical (unpaired) electrons. The standard InChI is InChI=1S/C14H26NO2.ClH/c1-14(2,15(3,4)5)13(16)17-11-12-9-7-6-8-10-12;/h6-7,12H,8-11H2,1-5H3;1H/q+1;/p-1. The lowest BCUT2D eigenvalue weighted by Gasteiger charge is -2.39. The van der Waals surface area contributed by atoms with Crippen LogP contribution in [0.3, 0.4) is 0 Å². The zero-order valence-corrected chi connectivity index (χ0v) is 13.0. The van der Waals surface area contributed by atoms with Crippen LogP contribution in [0.1, 0.15) is 33.1 Å². The van der Waals surface area contributed by atoms with E-state index >= 15 is 0 Å². The van der Waals surface area contributed by atoms with Crippen molar-refractivity contribution in [3.05, 3.63) is 12.2 Å². The number of ether oxygens (including phenoxy) is 1. The minimum atomic E-state index is -0.496. The number of hydrogen-bond donors (Lipinski definition) is 0. The summed E-state index contributed by atoms with van der Waals surface area (Å²) in [5, 5.41) is 0. The van der Waals surface area contributed by atoms with Gasteiger partial charge in [0.25, 0.3) is 0 Å². The molecule has 18 heavy (non-hydrogen) atoms. The zero-order chi connectivity index (χ0) is 13.1. The molecule has 1 unspecified atom stereocenters. The molecule has 3 nitrogen and oxygen atoms in total. The average molecular weight is 276 g/mol. The Balaban J connectivity index is 0.00000289. The Morgan fingerprint density at radius 2 is 1.94 bits per heavy atom. The lowest BCUT2D eigenvalue weighted by Crippen LogP contribution is -3.00. The highest BCUT2D eigenvalue weighted by Crippen LogP contribution is 2.22. The molecule has 0 bridgehead atoms. The van der Waals surface area contributed by atoms with Gasteiger partial charge in [-0.3, -0.25) is 0 Å². The number of quaternary nitrogens is 1. The third-order valence-corrected chi connectivity index (χ3v) is 4.00. The van der Waals surface area contributed by atoms with Gasteiger partial charge in [0.2, 0.25) is 0 Å². The highest BCUT2D eigenvalue weighted by Gasteiger charge is 2.42. The molecule has 1 rings (SSSR count). The predicted molar refractivity (Wildman–Crippen MR) is 69.6 cm³/mol. The van der Waals surface area contributed by atoms with E-state index in [2.05, 4.69) is 12.2 Å². The first-order chi connectivity index (χ1) is 7.75. The van der Waals surface area contributed by atoms with E-state index in [1.807, 2.05) is 35.0 Å². The number of carbonyl (C=O) groups is 1. The highest BCUT2D eigenvalue weighted by atomic mass is 35.5. The molecule has 4 heteroatoms. The molecule has 0 aromatic carbocycles. The summed E-state index contributed by atoms with van der Waals surface area (Å²) in [7, 11) is 6.06. The minimum Gasteiger partial charge on any atom is -1.00 e. The van der Waals surface area contributed by atoms with Crippen molar-refractivity contribution in [3.63, 3.8) is 0 Å². The maximum absolute atomic E-state index is 12.1. The van der Waals surface area contributed by atoms with Gasteiger partial charge in [0.15, 0.2) is 5.54 Å². The van der Waals surface area contributed by atoms with E-state index in [4.69, 9.17) is 4.74 Å². The fraction of sp³-hybridized carbons (Fsp3) is 0.786. The second kappa shape index (κ2) is 6.58. The number of hydrogen-bond acceptors (Lipinski definition) is 2. The van der Waals surface area contributed by atoms with Crippen molar-refractivity contribution in [2.45, 2.75) is 38.6 Å². The summed E-state index contributed by atoms with van der Waals surface area (Å²) < 4.78 is 6.06. The molecular formula is C14H26ClNO2. The van der Waals surface area contributed by atoms with Crippen LogP contribution >= 0.6 is 0 Å². The molecule has 0 amide bonds. The summed E-state index contributed by atoms with van der Waals surface area (Å²) in [6.45, 7) is 4.44. The summed E-state index contributed by atoms with van der Waals surface area (Å²) in [5.74, 6) is 0.409. The fourth-order valence-electron chi connectivity index (χ4n) is 1.65. The largest absolute Gasteiger partial charge is 1.00 e. The van der Waals surface area contributed by atoms with Crippen molar-refractivity contribution < 1.29 is 26.4 Å². The summed E-state index contributed by atoms with van der Waals surface area (Å²) in [4.78, 5) is 12.1. The summed E-state index contributed by atoms with van der Waals surface area (Å²) >= 11 is 0. The van der Waals surface area contributed by atoms with E-state index in [9.17, 15) is 4.79 Å². The maximum atomic E-state index is 12.1. The van der Waals surface area contributed by atoms with Crippen LogP contribution in [0.15, 0.2) is 12.2 Å². The Bertz CT molecular complexity index is 305. The van der Waals surface area contributed by atoms with Gasteiger partial charge in [-0.05, 0) is 25.2 Å². The molecule has 0 saturated heterocycles. The van der Waals surface area contributed by atoms with Crippen LogP contribution in [0, 0.1) is 5.92 Å². The van der Waals surface area contributed by atoms with Gasteiger partial charge in [0, 0.05) is 13.8 Å². The van der Waals surface area contributed by atoms with E-state index < -0.39 is 5.54 Å². The average Bonchev–Trinajstić information content (AvgIpc) is 2.25. The van der Waals surface area contributed by atoms with Crippen LogP contribution in [-0.4, -0.2) is 43.7 Å². The monoisotopic (exact) mass is 275 g/mol. The van der Waals surface area contributed by atoms with Crippen LogP contribution in [0.5, 0.6) is 0 Å². The number of carbonyl (C=O) groups excluding carboxylic acids is 1. The van der Waals surface area contributed by atoms with Crippen LogP contribution in [-0.2, 0) is 9.53 Å². The van der Waals surface area contributed by atoms with Crippen LogP contribution in [0.25, 0.3) is 0 Å². The molecule has 0 aromatic rings. The van der Waals surface area contributed by atoms with Gasteiger partial charge < -0.3 is 21.6 Å². The molecule has 0 aliphatic heterocycles. The number of allylic oxidation sites excluding steroid dienone is 2. The van der Waals surface area contributed by atoms with Gasteiger partial charge in [-0.15, -0.1) is 0 Å². The minimum absolute atomic E-state index is 0. The van der Waals surface area contributed by atoms with Crippen LogP contribution in [0.2, 0.25) is 0 Å². The lowest BCUT2D eigenvalue weighted by molar-refractivity contribution is -0.909. The highest BCUT2D eigenvalue weighted by molar-refractivity contribution is 5.78. The molecule has 1 aliphatic rings. The van der Waals surface area contributed by atoms with Crippen molar-refractivity contribution >= 4 is 5.97 Å². The number of nitrogens with zero attached hydrogens (tertiary/aromatic N) is 1. The first-order valence-electron chi connectivity index (χ1n) is 6.39. The molecule has 0 aromatic heterocycles. The number of halogens is 1. The number of likely N-dealkylation sites (N-methyl/N-ethyl adjacent to an activating group) is 1. The Morgan fingerprint density at radius 3 is 2.39 bits per heavy atom. The first kappa shape index (κ1) is 17.5. The summed E-state index contributed by atoms with van der Waals surface area (Å²) in [6, 6.07) is 0. The molecule has 1 aliphatic carbocycles. The fourth-order valence-corrected chi connectivity index (χ4v) is 1.65. The van der Waals surface area contributed by atoms with Crippen LogP contribution in [0.4, 0.5) is 0 Å². The second-order valence-electron chi connectivity index (χ2n) is 6.32. The topological polar surface area (TPSA) is 26.3 Å². The molecule has 0 fully saturated rings. The lowest BCUT2D eigenvalue weighted by atomic mass is 9.95. The molecule has 1 atom stereocenters. The van der Waals surface area contributed by atoms with Gasteiger partial charge in [0.05, 0.1) is 27.7 Å². The third kappa shape index (κ3) is 4.29. The second-order valence-corrected chi connectivity index (χ2v) is 6.32. The number of rotatable bonds is 4. The quantitative estimate of drug-likeness (QED) is 0.388. The summed E-state index contributed by atoms with van der Waals surface area (Å²) in [5.41, 5.74) is -0.496. The molecule has 0 saturated carbocycles. The Morgan fingerprint density at radius 1 is 1.33 bits per heavy atom. The third-order valence-electron chi connectivity index (χ3n) is 4.00. The van der Waals surface area contributed by atoms with Gasteiger partial charge in [-0.1, -0.05) is 12.2 Å². The van der Waals surface area contributed by atoms with E-state index in [1.165, 1.54) is 0 Å². The van der Waals surface area contributed by atoms with Crippen molar-refractivity contribution in [3.8, 4) is 0 Å². The van der Waals surface area contributed by atoms with Crippen molar-refractivity contribution in [1.29, 1.82) is 0 Å².